The van der Waals surface area contributed by atoms with Crippen molar-refractivity contribution in [2.45, 2.75) is 56.5 Å². The molecule has 13 heteroatoms. The number of ether oxygens (including phenoxy) is 3. The van der Waals surface area contributed by atoms with Gasteiger partial charge in [0, 0.05) is 7.05 Å². The molecule has 1 atom stereocenters. The third kappa shape index (κ3) is 7.29. The number of esters is 1. The van der Waals surface area contributed by atoms with Gasteiger partial charge in [-0.15, -0.1) is 10.2 Å². The third-order valence-corrected chi connectivity index (χ3v) is 8.53. The number of anilines is 1. The van der Waals surface area contributed by atoms with Crippen molar-refractivity contribution in [3.05, 3.63) is 24.3 Å². The van der Waals surface area contributed by atoms with Gasteiger partial charge >= 0.3 is 12.0 Å². The van der Waals surface area contributed by atoms with Crippen molar-refractivity contribution in [2.75, 3.05) is 37.5 Å². The van der Waals surface area contributed by atoms with Crippen molar-refractivity contribution in [1.82, 2.24) is 15.1 Å². The van der Waals surface area contributed by atoms with Gasteiger partial charge in [-0.3, -0.25) is 4.79 Å². The van der Waals surface area contributed by atoms with E-state index in [0.717, 1.165) is 34.8 Å². The zero-order chi connectivity index (χ0) is 26.1. The molecule has 0 saturated carbocycles. The standard InChI is InChI=1S/C23H32N4O7S2/c1-4-6-7-8-14-32-17-9-11-18(12-10-17)33-15-13-20(28)34-19-16-26(3)23(29)27(19)21-24-25-22(35-21)36(30,31)5-2/h9-12,19H,4-8,13-16H2,1-3H3. The third-order valence-electron chi connectivity index (χ3n) is 5.43. The van der Waals surface area contributed by atoms with E-state index in [9.17, 15) is 18.0 Å². The minimum absolute atomic E-state index is 0.0382. The van der Waals surface area contributed by atoms with E-state index in [-0.39, 0.29) is 34.8 Å². The average Bonchev–Trinajstić information content (AvgIpc) is 3.45. The maximum Gasteiger partial charge on any atom is 0.329 e. The maximum atomic E-state index is 12.6. The van der Waals surface area contributed by atoms with Gasteiger partial charge in [-0.2, -0.15) is 0 Å². The molecule has 11 nitrogen and oxygen atoms in total. The SMILES string of the molecule is CCCCCCOc1ccc(OCCC(=O)OC2CN(C)C(=O)N2c2nnc(S(=O)(=O)CC)s2)cc1. The highest BCUT2D eigenvalue weighted by atomic mass is 32.2. The van der Waals surface area contributed by atoms with Crippen LogP contribution in [0.15, 0.2) is 28.6 Å². The van der Waals surface area contributed by atoms with E-state index < -0.39 is 28.1 Å². The Morgan fingerprint density at radius 3 is 2.36 bits per heavy atom. The Labute approximate surface area is 215 Å². The number of hydrogen-bond donors (Lipinski definition) is 0. The van der Waals surface area contributed by atoms with Crippen molar-refractivity contribution in [3.63, 3.8) is 0 Å². The van der Waals surface area contributed by atoms with Gasteiger partial charge in [0.15, 0.2) is 0 Å². The van der Waals surface area contributed by atoms with Crippen LogP contribution in [0.2, 0.25) is 0 Å². The number of rotatable bonds is 14. The number of unbranched alkanes of at least 4 members (excludes halogenated alkanes) is 3. The summed E-state index contributed by atoms with van der Waals surface area (Å²) in [7, 11) is -2.02. The lowest BCUT2D eigenvalue weighted by Crippen LogP contribution is -2.37. The molecule has 36 heavy (non-hydrogen) atoms. The van der Waals surface area contributed by atoms with Gasteiger partial charge < -0.3 is 19.1 Å². The monoisotopic (exact) mass is 540 g/mol. The predicted octanol–water partition coefficient (Wildman–Crippen LogP) is 3.50. The van der Waals surface area contributed by atoms with E-state index in [1.54, 1.807) is 19.2 Å². The van der Waals surface area contributed by atoms with Gasteiger partial charge in [-0.25, -0.2) is 18.1 Å². The quantitative estimate of drug-likeness (QED) is 0.201. The van der Waals surface area contributed by atoms with Gasteiger partial charge in [-0.05, 0) is 30.7 Å². The first-order valence-electron chi connectivity index (χ1n) is 11.9. The number of benzene rings is 1. The zero-order valence-electron chi connectivity index (χ0n) is 20.7. The predicted molar refractivity (Wildman–Crippen MR) is 134 cm³/mol. The van der Waals surface area contributed by atoms with E-state index >= 15 is 0 Å². The van der Waals surface area contributed by atoms with Crippen molar-refractivity contribution < 1.29 is 32.2 Å². The Hall–Kier alpha value is -2.93. The Morgan fingerprint density at radius 1 is 1.06 bits per heavy atom. The molecule has 3 rings (SSSR count). The number of hydrogen-bond acceptors (Lipinski definition) is 10. The van der Waals surface area contributed by atoms with Crippen LogP contribution >= 0.6 is 11.3 Å². The number of likely N-dealkylation sites (N-methyl/N-ethyl adjacent to an activating group) is 1. The van der Waals surface area contributed by atoms with Gasteiger partial charge in [0.25, 0.3) is 0 Å². The molecule has 0 N–H and O–H groups in total. The lowest BCUT2D eigenvalue weighted by molar-refractivity contribution is -0.148. The smallest absolute Gasteiger partial charge is 0.329 e. The minimum Gasteiger partial charge on any atom is -0.494 e. The lowest BCUT2D eigenvalue weighted by atomic mass is 10.2. The van der Waals surface area contributed by atoms with Crippen LogP contribution in [-0.4, -0.2) is 74.3 Å². The maximum absolute atomic E-state index is 12.6. The van der Waals surface area contributed by atoms with Crippen LogP contribution in [0.4, 0.5) is 9.93 Å². The topological polar surface area (TPSA) is 128 Å². The number of carbonyl (C=O) groups is 2. The fourth-order valence-electron chi connectivity index (χ4n) is 3.36. The largest absolute Gasteiger partial charge is 0.494 e. The zero-order valence-corrected chi connectivity index (χ0v) is 22.3. The molecule has 0 bridgehead atoms. The van der Waals surface area contributed by atoms with E-state index in [4.69, 9.17) is 14.2 Å². The number of nitrogens with zero attached hydrogens (tertiary/aromatic N) is 4. The summed E-state index contributed by atoms with van der Waals surface area (Å²) in [6, 6.07) is 6.72. The van der Waals surface area contributed by atoms with Crippen LogP contribution in [0.1, 0.15) is 46.0 Å². The summed E-state index contributed by atoms with van der Waals surface area (Å²) in [6.07, 6.45) is 3.57. The molecule has 2 amide bonds. The molecule has 1 saturated heterocycles. The molecule has 1 aliphatic rings. The van der Waals surface area contributed by atoms with E-state index in [1.807, 2.05) is 12.1 Å². The molecule has 1 aromatic heterocycles. The minimum atomic E-state index is -3.57. The average molecular weight is 541 g/mol. The Kier molecular flexibility index (Phi) is 9.88. The number of aromatic nitrogens is 2. The molecule has 1 aliphatic heterocycles. The summed E-state index contributed by atoms with van der Waals surface area (Å²) in [5, 5.41) is 7.58. The Morgan fingerprint density at radius 2 is 1.72 bits per heavy atom. The molecule has 1 unspecified atom stereocenters. The lowest BCUT2D eigenvalue weighted by Gasteiger charge is -2.19. The highest BCUT2D eigenvalue weighted by Crippen LogP contribution is 2.30. The van der Waals surface area contributed by atoms with Crippen LogP contribution in [-0.2, 0) is 19.4 Å². The molecule has 0 aliphatic carbocycles. The Balaban J connectivity index is 1.48. The Bertz CT molecular complexity index is 1120. The molecule has 2 heterocycles. The summed E-state index contributed by atoms with van der Waals surface area (Å²) < 4.78 is 40.7. The van der Waals surface area contributed by atoms with Crippen LogP contribution in [0.5, 0.6) is 11.5 Å². The van der Waals surface area contributed by atoms with Gasteiger partial charge in [0.2, 0.25) is 25.5 Å². The second kappa shape index (κ2) is 12.9. The van der Waals surface area contributed by atoms with Crippen LogP contribution in [0, 0.1) is 0 Å². The fraction of sp³-hybridized carbons (Fsp3) is 0.565. The number of amides is 2. The van der Waals surface area contributed by atoms with E-state index in [1.165, 1.54) is 24.7 Å². The summed E-state index contributed by atoms with van der Waals surface area (Å²) >= 11 is 0.765. The van der Waals surface area contributed by atoms with E-state index in [0.29, 0.717) is 12.4 Å². The summed E-state index contributed by atoms with van der Waals surface area (Å²) in [5.41, 5.74) is 0. The van der Waals surface area contributed by atoms with E-state index in [2.05, 4.69) is 17.1 Å². The van der Waals surface area contributed by atoms with Crippen molar-refractivity contribution in [3.8, 4) is 11.5 Å². The van der Waals surface area contributed by atoms with Gasteiger partial charge in [0.05, 0.1) is 31.9 Å². The molecule has 198 valence electrons. The first kappa shape index (κ1) is 27.7. The van der Waals surface area contributed by atoms with Crippen LogP contribution in [0.3, 0.4) is 0 Å². The molecule has 2 aromatic rings. The summed E-state index contributed by atoms with van der Waals surface area (Å²) in [5.74, 6) is 0.658. The number of carbonyl (C=O) groups excluding carboxylic acids is 2. The number of urea groups is 1. The molecular weight excluding hydrogens is 508 g/mol. The highest BCUT2D eigenvalue weighted by molar-refractivity contribution is 7.93. The first-order chi connectivity index (χ1) is 17.2. The van der Waals surface area contributed by atoms with Gasteiger partial charge in [-0.1, -0.05) is 44.4 Å². The first-order valence-corrected chi connectivity index (χ1v) is 14.4. The molecular formula is C23H32N4O7S2. The second-order valence-corrected chi connectivity index (χ2v) is 11.6. The van der Waals surface area contributed by atoms with Crippen LogP contribution < -0.4 is 14.4 Å². The fourth-order valence-corrected chi connectivity index (χ4v) is 5.47. The molecule has 0 spiro atoms. The summed E-state index contributed by atoms with van der Waals surface area (Å²) in [6.45, 7) is 4.54. The van der Waals surface area contributed by atoms with Crippen molar-refractivity contribution in [1.29, 1.82) is 0 Å². The highest BCUT2D eigenvalue weighted by Gasteiger charge is 2.41. The molecule has 0 radical (unpaired) electrons. The van der Waals surface area contributed by atoms with Crippen molar-refractivity contribution >= 4 is 38.3 Å². The van der Waals surface area contributed by atoms with Crippen LogP contribution in [0.25, 0.3) is 0 Å². The summed E-state index contributed by atoms with van der Waals surface area (Å²) in [4.78, 5) is 27.5. The van der Waals surface area contributed by atoms with Gasteiger partial charge in [0.1, 0.15) is 11.5 Å². The number of sulfone groups is 1. The molecule has 1 fully saturated rings. The van der Waals surface area contributed by atoms with Crippen molar-refractivity contribution in [2.24, 2.45) is 0 Å². The normalized spacial score (nSPS) is 15.9. The molecule has 1 aromatic carbocycles. The second-order valence-electron chi connectivity index (χ2n) is 8.21.